The van der Waals surface area contributed by atoms with Crippen molar-refractivity contribution in [2.75, 3.05) is 23.4 Å². The van der Waals surface area contributed by atoms with Gasteiger partial charge in [-0.1, -0.05) is 26.0 Å². The van der Waals surface area contributed by atoms with Crippen molar-refractivity contribution in [1.82, 2.24) is 5.32 Å². The number of nitrogens with one attached hydrogen (secondary N) is 2. The molecule has 2 aromatic rings. The smallest absolute Gasteiger partial charge is 0.319 e. The first-order valence-corrected chi connectivity index (χ1v) is 10.5. The first-order chi connectivity index (χ1) is 14.7. The van der Waals surface area contributed by atoms with Crippen molar-refractivity contribution in [2.45, 2.75) is 40.7 Å². The van der Waals surface area contributed by atoms with Gasteiger partial charge in [0.1, 0.15) is 18.2 Å². The molecule has 0 saturated carbocycles. The molecule has 2 aromatic carbocycles. The van der Waals surface area contributed by atoms with Gasteiger partial charge in [0.05, 0.1) is 11.1 Å². The predicted octanol–water partition coefficient (Wildman–Crippen LogP) is 4.95. The summed E-state index contributed by atoms with van der Waals surface area (Å²) in [6.45, 7) is 9.14. The maximum absolute atomic E-state index is 13.2. The number of rotatable bonds is 6. The van der Waals surface area contributed by atoms with E-state index in [4.69, 9.17) is 4.74 Å². The number of hydrogen-bond acceptors (Lipinski definition) is 3. The fourth-order valence-electron chi connectivity index (χ4n) is 3.29. The molecule has 31 heavy (non-hydrogen) atoms. The predicted molar refractivity (Wildman–Crippen MR) is 120 cm³/mol. The zero-order valence-electron chi connectivity index (χ0n) is 18.5. The fourth-order valence-corrected chi connectivity index (χ4v) is 3.29. The van der Waals surface area contributed by atoms with Crippen LogP contribution in [0.15, 0.2) is 42.5 Å². The molecule has 3 rings (SSSR count). The van der Waals surface area contributed by atoms with Crippen molar-refractivity contribution in [3.8, 4) is 5.75 Å². The molecule has 1 aliphatic rings. The number of anilines is 2. The van der Waals surface area contributed by atoms with E-state index in [0.29, 0.717) is 36.2 Å². The van der Waals surface area contributed by atoms with E-state index in [1.54, 1.807) is 35.2 Å². The molecular weight excluding hydrogens is 397 g/mol. The molecule has 0 atom stereocenters. The van der Waals surface area contributed by atoms with Crippen molar-refractivity contribution in [3.63, 3.8) is 0 Å². The zero-order valence-corrected chi connectivity index (χ0v) is 18.5. The molecule has 2 N–H and O–H groups in total. The number of halogens is 1. The third-order valence-corrected chi connectivity index (χ3v) is 5.22. The summed E-state index contributed by atoms with van der Waals surface area (Å²) in [6.07, 6.45) is 0.858. The van der Waals surface area contributed by atoms with E-state index in [-0.39, 0.29) is 24.3 Å². The van der Waals surface area contributed by atoms with E-state index >= 15 is 0 Å². The number of ether oxygens (including phenoxy) is 1. The van der Waals surface area contributed by atoms with Crippen molar-refractivity contribution in [2.24, 2.45) is 11.3 Å². The van der Waals surface area contributed by atoms with Crippen LogP contribution in [0.4, 0.5) is 20.6 Å². The third-order valence-electron chi connectivity index (χ3n) is 5.22. The van der Waals surface area contributed by atoms with Crippen LogP contribution in [0.25, 0.3) is 0 Å². The number of hydrogen-bond donors (Lipinski definition) is 2. The molecule has 0 bridgehead atoms. The second-order valence-corrected chi connectivity index (χ2v) is 8.93. The number of fused-ring (bicyclic) bond motifs is 1. The van der Waals surface area contributed by atoms with E-state index in [2.05, 4.69) is 24.5 Å². The van der Waals surface area contributed by atoms with Gasteiger partial charge in [-0.25, -0.2) is 9.18 Å². The highest BCUT2D eigenvalue weighted by Crippen LogP contribution is 2.38. The molecule has 0 aromatic heterocycles. The number of amides is 3. The number of carbonyl (C=O) groups is 2. The molecule has 0 unspecified atom stereocenters. The van der Waals surface area contributed by atoms with Gasteiger partial charge in [0, 0.05) is 18.8 Å². The van der Waals surface area contributed by atoms with Crippen LogP contribution in [0.2, 0.25) is 0 Å². The van der Waals surface area contributed by atoms with Crippen molar-refractivity contribution in [3.05, 3.63) is 53.8 Å². The molecule has 0 radical (unpaired) electrons. The van der Waals surface area contributed by atoms with E-state index in [1.165, 1.54) is 12.1 Å². The van der Waals surface area contributed by atoms with Gasteiger partial charge in [-0.3, -0.25) is 4.79 Å². The van der Waals surface area contributed by atoms with E-state index in [0.717, 1.165) is 12.0 Å². The Labute approximate surface area is 182 Å². The molecule has 0 aliphatic carbocycles. The summed E-state index contributed by atoms with van der Waals surface area (Å²) in [5, 5.41) is 5.55. The largest absolute Gasteiger partial charge is 0.490 e. The Kier molecular flexibility index (Phi) is 6.83. The van der Waals surface area contributed by atoms with Crippen LogP contribution in [0.5, 0.6) is 5.75 Å². The quantitative estimate of drug-likeness (QED) is 0.686. The van der Waals surface area contributed by atoms with Gasteiger partial charge in [-0.2, -0.15) is 0 Å². The Morgan fingerprint density at radius 3 is 2.58 bits per heavy atom. The van der Waals surface area contributed by atoms with Crippen LogP contribution in [-0.4, -0.2) is 25.1 Å². The van der Waals surface area contributed by atoms with Gasteiger partial charge in [0.25, 0.3) is 0 Å². The van der Waals surface area contributed by atoms with E-state index in [1.807, 2.05) is 13.8 Å². The average Bonchev–Trinajstić information content (AvgIpc) is 2.81. The lowest BCUT2D eigenvalue weighted by Gasteiger charge is -2.28. The summed E-state index contributed by atoms with van der Waals surface area (Å²) in [5.74, 6) is 0.756. The topological polar surface area (TPSA) is 70.7 Å². The summed E-state index contributed by atoms with van der Waals surface area (Å²) in [6, 6.07) is 10.9. The fraction of sp³-hybridized carbons (Fsp3) is 0.417. The van der Waals surface area contributed by atoms with E-state index < -0.39 is 5.41 Å². The van der Waals surface area contributed by atoms with Crippen LogP contribution in [-0.2, 0) is 11.3 Å². The number of benzene rings is 2. The second-order valence-electron chi connectivity index (χ2n) is 8.93. The van der Waals surface area contributed by atoms with Gasteiger partial charge < -0.3 is 20.3 Å². The number of carbonyl (C=O) groups excluding carboxylic acids is 2. The normalized spacial score (nSPS) is 15.2. The maximum Gasteiger partial charge on any atom is 0.319 e. The Balaban J connectivity index is 1.75. The molecule has 7 heteroatoms. The Hall–Kier alpha value is -3.09. The molecule has 0 spiro atoms. The standard InChI is InChI=1S/C24H30FN3O3/c1-16(2)11-12-28-20-13-19(9-10-21(20)31-15-24(3,4)22(28)29)27-23(30)26-14-17-5-7-18(25)8-6-17/h5-10,13,16H,11-12,14-15H2,1-4H3,(H2,26,27,30). The van der Waals surface area contributed by atoms with Crippen LogP contribution >= 0.6 is 0 Å². The number of nitrogens with zero attached hydrogens (tertiary/aromatic N) is 1. The van der Waals surface area contributed by atoms with Gasteiger partial charge in [0.2, 0.25) is 5.91 Å². The van der Waals surface area contributed by atoms with Gasteiger partial charge in [-0.15, -0.1) is 0 Å². The monoisotopic (exact) mass is 427 g/mol. The van der Waals surface area contributed by atoms with Crippen molar-refractivity contribution in [1.29, 1.82) is 0 Å². The SMILES string of the molecule is CC(C)CCN1C(=O)C(C)(C)COc2ccc(NC(=O)NCc3ccc(F)cc3)cc21. The van der Waals surface area contributed by atoms with Crippen molar-refractivity contribution < 1.29 is 18.7 Å². The summed E-state index contributed by atoms with van der Waals surface area (Å²) < 4.78 is 18.9. The molecule has 1 aliphatic heterocycles. The molecule has 0 saturated heterocycles. The summed E-state index contributed by atoms with van der Waals surface area (Å²) in [7, 11) is 0. The summed E-state index contributed by atoms with van der Waals surface area (Å²) in [4.78, 5) is 27.3. The molecule has 6 nitrogen and oxygen atoms in total. The lowest BCUT2D eigenvalue weighted by Crippen LogP contribution is -2.42. The Morgan fingerprint density at radius 1 is 1.19 bits per heavy atom. The molecule has 1 heterocycles. The molecule has 3 amide bonds. The zero-order chi connectivity index (χ0) is 22.6. The molecule has 0 fully saturated rings. The maximum atomic E-state index is 13.2. The van der Waals surface area contributed by atoms with Gasteiger partial charge >= 0.3 is 6.03 Å². The third kappa shape index (κ3) is 5.75. The second kappa shape index (κ2) is 9.37. The summed E-state index contributed by atoms with van der Waals surface area (Å²) >= 11 is 0. The van der Waals surface area contributed by atoms with Crippen molar-refractivity contribution >= 4 is 23.3 Å². The minimum Gasteiger partial charge on any atom is -0.490 e. The Morgan fingerprint density at radius 2 is 1.90 bits per heavy atom. The van der Waals surface area contributed by atoms with Gasteiger partial charge in [0.15, 0.2) is 0 Å². The minimum atomic E-state index is -0.643. The molecule has 166 valence electrons. The lowest BCUT2D eigenvalue weighted by molar-refractivity contribution is -0.127. The minimum absolute atomic E-state index is 0.00445. The highest BCUT2D eigenvalue weighted by atomic mass is 19.1. The average molecular weight is 428 g/mol. The van der Waals surface area contributed by atoms with Crippen LogP contribution in [0.3, 0.4) is 0 Å². The molecular formula is C24H30FN3O3. The van der Waals surface area contributed by atoms with E-state index in [9.17, 15) is 14.0 Å². The Bertz CT molecular complexity index is 942. The highest BCUT2D eigenvalue weighted by Gasteiger charge is 2.37. The lowest BCUT2D eigenvalue weighted by atomic mass is 9.92. The van der Waals surface area contributed by atoms with Crippen LogP contribution in [0.1, 0.15) is 39.7 Å². The first kappa shape index (κ1) is 22.6. The van der Waals surface area contributed by atoms with Crippen LogP contribution in [0, 0.1) is 17.2 Å². The summed E-state index contributed by atoms with van der Waals surface area (Å²) in [5.41, 5.74) is 1.36. The van der Waals surface area contributed by atoms with Crippen LogP contribution < -0.4 is 20.3 Å². The van der Waals surface area contributed by atoms with Gasteiger partial charge in [-0.05, 0) is 62.1 Å². The first-order valence-electron chi connectivity index (χ1n) is 10.5. The number of urea groups is 1. The highest BCUT2D eigenvalue weighted by molar-refractivity contribution is 6.00.